The summed E-state index contributed by atoms with van der Waals surface area (Å²) in [6.07, 6.45) is 1.56. The molecule has 0 unspecified atom stereocenters. The number of nitrogens with zero attached hydrogens (tertiary/aromatic N) is 2. The summed E-state index contributed by atoms with van der Waals surface area (Å²) in [6.45, 7) is 0.194. The Morgan fingerprint density at radius 2 is 1.84 bits per heavy atom. The molecule has 0 radical (unpaired) electrons. The van der Waals surface area contributed by atoms with Gasteiger partial charge in [0.05, 0.1) is 43.9 Å². The van der Waals surface area contributed by atoms with E-state index in [1.807, 2.05) is 12.1 Å². The van der Waals surface area contributed by atoms with Crippen molar-refractivity contribution in [2.75, 3.05) is 26.2 Å². The molecule has 0 atom stereocenters. The van der Waals surface area contributed by atoms with Gasteiger partial charge in [-0.1, -0.05) is 29.0 Å². The van der Waals surface area contributed by atoms with Crippen molar-refractivity contribution in [1.82, 2.24) is 4.98 Å². The number of fused-ring (bicyclic) bond motifs is 1. The van der Waals surface area contributed by atoms with Crippen molar-refractivity contribution in [3.05, 3.63) is 65.1 Å². The van der Waals surface area contributed by atoms with Crippen LogP contribution in [-0.2, 0) is 6.54 Å². The molecular formula is C22H19ClN2O5S. The van der Waals surface area contributed by atoms with Crippen LogP contribution in [0, 0.1) is 0 Å². The van der Waals surface area contributed by atoms with Gasteiger partial charge in [0.2, 0.25) is 5.75 Å². The van der Waals surface area contributed by atoms with Crippen LogP contribution in [0.25, 0.3) is 10.2 Å². The Bertz CT molecular complexity index is 1200. The van der Waals surface area contributed by atoms with E-state index in [9.17, 15) is 4.79 Å². The minimum absolute atomic E-state index is 0.194. The molecule has 2 aromatic heterocycles. The van der Waals surface area contributed by atoms with Gasteiger partial charge in [0.25, 0.3) is 5.91 Å². The van der Waals surface area contributed by atoms with E-state index in [0.717, 1.165) is 4.70 Å². The lowest BCUT2D eigenvalue weighted by atomic mass is 10.1. The SMILES string of the molecule is COc1cc(C(=O)N(Cc2ccco2)c2nc3c(Cl)cccc3s2)cc(OC)c1OC. The van der Waals surface area contributed by atoms with Crippen LogP contribution in [0.3, 0.4) is 0 Å². The smallest absolute Gasteiger partial charge is 0.260 e. The van der Waals surface area contributed by atoms with E-state index < -0.39 is 0 Å². The maximum atomic E-state index is 13.6. The zero-order valence-electron chi connectivity index (χ0n) is 17.0. The fraction of sp³-hybridized carbons (Fsp3) is 0.182. The highest BCUT2D eigenvalue weighted by Gasteiger charge is 2.26. The van der Waals surface area contributed by atoms with Crippen molar-refractivity contribution >= 4 is 44.2 Å². The molecule has 0 bridgehead atoms. The third-order valence-electron chi connectivity index (χ3n) is 4.64. The molecule has 0 fully saturated rings. The number of aromatic nitrogens is 1. The van der Waals surface area contributed by atoms with E-state index in [4.69, 9.17) is 30.2 Å². The molecule has 0 aliphatic heterocycles. The molecule has 0 saturated carbocycles. The van der Waals surface area contributed by atoms with Crippen molar-refractivity contribution in [1.29, 1.82) is 0 Å². The van der Waals surface area contributed by atoms with Crippen LogP contribution in [0.15, 0.2) is 53.1 Å². The second kappa shape index (κ2) is 8.87. The minimum atomic E-state index is -0.300. The minimum Gasteiger partial charge on any atom is -0.493 e. The van der Waals surface area contributed by atoms with E-state index in [1.165, 1.54) is 32.7 Å². The standard InChI is InChI=1S/C22H19ClN2O5S/c1-27-16-10-13(11-17(28-2)20(16)29-3)21(26)25(12-14-6-5-9-30-14)22-24-19-15(23)7-4-8-18(19)31-22/h4-11H,12H2,1-3H3. The third-order valence-corrected chi connectivity index (χ3v) is 5.99. The molecular weight excluding hydrogens is 440 g/mol. The Hall–Kier alpha value is -3.23. The Morgan fingerprint density at radius 1 is 1.10 bits per heavy atom. The van der Waals surface area contributed by atoms with Crippen LogP contribution >= 0.6 is 22.9 Å². The number of benzene rings is 2. The summed E-state index contributed by atoms with van der Waals surface area (Å²) in [5, 5.41) is 1.02. The van der Waals surface area contributed by atoms with Gasteiger partial charge in [-0.25, -0.2) is 4.98 Å². The molecule has 0 saturated heterocycles. The highest BCUT2D eigenvalue weighted by Crippen LogP contribution is 2.40. The van der Waals surface area contributed by atoms with Gasteiger partial charge in [-0.2, -0.15) is 0 Å². The van der Waals surface area contributed by atoms with Crippen molar-refractivity contribution in [2.45, 2.75) is 6.54 Å². The van der Waals surface area contributed by atoms with Crippen LogP contribution in [0.2, 0.25) is 5.02 Å². The fourth-order valence-corrected chi connectivity index (χ4v) is 4.43. The molecule has 7 nitrogen and oxygen atoms in total. The largest absolute Gasteiger partial charge is 0.493 e. The average Bonchev–Trinajstić information content (AvgIpc) is 3.46. The number of rotatable bonds is 7. The Kier molecular flexibility index (Phi) is 6.01. The number of amides is 1. The second-order valence-corrected chi connectivity index (χ2v) is 7.88. The number of halogens is 1. The first kappa shape index (κ1) is 21.0. The zero-order chi connectivity index (χ0) is 22.0. The van der Waals surface area contributed by atoms with E-state index in [0.29, 0.717) is 44.2 Å². The van der Waals surface area contributed by atoms with Crippen LogP contribution < -0.4 is 19.1 Å². The summed E-state index contributed by atoms with van der Waals surface area (Å²) < 4.78 is 22.5. The molecule has 4 rings (SSSR count). The maximum Gasteiger partial charge on any atom is 0.260 e. The zero-order valence-corrected chi connectivity index (χ0v) is 18.6. The number of furan rings is 1. The number of ether oxygens (including phenoxy) is 3. The van der Waals surface area contributed by atoms with E-state index >= 15 is 0 Å². The maximum absolute atomic E-state index is 13.6. The van der Waals surface area contributed by atoms with E-state index in [2.05, 4.69) is 4.98 Å². The molecule has 2 aromatic carbocycles. The van der Waals surface area contributed by atoms with Crippen molar-refractivity contribution in [3.63, 3.8) is 0 Å². The Labute approximate surface area is 187 Å². The Balaban J connectivity index is 1.81. The Morgan fingerprint density at radius 3 is 2.42 bits per heavy atom. The molecule has 0 aliphatic rings. The number of hydrogen-bond acceptors (Lipinski definition) is 7. The summed E-state index contributed by atoms with van der Waals surface area (Å²) in [7, 11) is 4.51. The van der Waals surface area contributed by atoms with Crippen molar-refractivity contribution in [2.24, 2.45) is 0 Å². The van der Waals surface area contributed by atoms with Gasteiger partial charge in [-0.3, -0.25) is 9.69 Å². The quantitative estimate of drug-likeness (QED) is 0.368. The van der Waals surface area contributed by atoms with Crippen molar-refractivity contribution < 1.29 is 23.4 Å². The molecule has 0 spiro atoms. The number of anilines is 1. The lowest BCUT2D eigenvalue weighted by Crippen LogP contribution is -2.30. The van der Waals surface area contributed by atoms with E-state index in [1.54, 1.807) is 41.5 Å². The van der Waals surface area contributed by atoms with E-state index in [-0.39, 0.29) is 12.5 Å². The number of para-hydroxylation sites is 1. The number of methoxy groups -OCH3 is 3. The molecule has 31 heavy (non-hydrogen) atoms. The highest BCUT2D eigenvalue weighted by molar-refractivity contribution is 7.22. The average molecular weight is 459 g/mol. The number of thiazole rings is 1. The molecule has 9 heteroatoms. The van der Waals surface area contributed by atoms with Gasteiger partial charge >= 0.3 is 0 Å². The first-order valence-corrected chi connectivity index (χ1v) is 10.4. The summed E-state index contributed by atoms with van der Waals surface area (Å²) in [6, 6.07) is 12.3. The predicted octanol–water partition coefficient (Wildman–Crippen LogP) is 5.42. The fourth-order valence-electron chi connectivity index (χ4n) is 3.16. The number of carbonyl (C=O) groups is 1. The first-order valence-electron chi connectivity index (χ1n) is 9.25. The number of carbonyl (C=O) groups excluding carboxylic acids is 1. The highest BCUT2D eigenvalue weighted by atomic mass is 35.5. The second-order valence-electron chi connectivity index (χ2n) is 6.47. The van der Waals surface area contributed by atoms with Crippen LogP contribution in [0.1, 0.15) is 16.1 Å². The van der Waals surface area contributed by atoms with Gasteiger partial charge in [-0.15, -0.1) is 0 Å². The molecule has 0 N–H and O–H groups in total. The predicted molar refractivity (Wildman–Crippen MR) is 120 cm³/mol. The summed E-state index contributed by atoms with van der Waals surface area (Å²) in [4.78, 5) is 19.8. The van der Waals surface area contributed by atoms with Gasteiger partial charge < -0.3 is 18.6 Å². The monoisotopic (exact) mass is 458 g/mol. The first-order chi connectivity index (χ1) is 15.0. The third kappa shape index (κ3) is 4.04. The van der Waals surface area contributed by atoms with Crippen LogP contribution in [0.4, 0.5) is 5.13 Å². The summed E-state index contributed by atoms with van der Waals surface area (Å²) in [5.74, 6) is 1.49. The van der Waals surface area contributed by atoms with Gasteiger partial charge in [0.1, 0.15) is 11.3 Å². The molecule has 2 heterocycles. The van der Waals surface area contributed by atoms with Gasteiger partial charge in [0.15, 0.2) is 16.6 Å². The summed E-state index contributed by atoms with van der Waals surface area (Å²) in [5.41, 5.74) is 0.998. The van der Waals surface area contributed by atoms with Crippen LogP contribution in [-0.4, -0.2) is 32.2 Å². The van der Waals surface area contributed by atoms with Crippen LogP contribution in [0.5, 0.6) is 17.2 Å². The molecule has 160 valence electrons. The molecule has 0 aliphatic carbocycles. The topological polar surface area (TPSA) is 74.0 Å². The lowest BCUT2D eigenvalue weighted by Gasteiger charge is -2.20. The molecule has 4 aromatic rings. The summed E-state index contributed by atoms with van der Waals surface area (Å²) >= 11 is 7.67. The molecule has 1 amide bonds. The van der Waals surface area contributed by atoms with Crippen molar-refractivity contribution in [3.8, 4) is 17.2 Å². The normalized spacial score (nSPS) is 10.8. The van der Waals surface area contributed by atoms with Gasteiger partial charge in [0, 0.05) is 5.56 Å². The lowest BCUT2D eigenvalue weighted by molar-refractivity contribution is 0.0982. The number of hydrogen-bond donors (Lipinski definition) is 0. The van der Waals surface area contributed by atoms with Gasteiger partial charge in [-0.05, 0) is 36.4 Å².